The molecule has 0 unspecified atom stereocenters. The Bertz CT molecular complexity index is 836. The van der Waals surface area contributed by atoms with Gasteiger partial charge in [-0.2, -0.15) is 0 Å². The topological polar surface area (TPSA) is 48.4 Å². The predicted molar refractivity (Wildman–Crippen MR) is 87.3 cm³/mol. The molecule has 1 heterocycles. The quantitative estimate of drug-likeness (QED) is 0.703. The first-order valence-corrected chi connectivity index (χ1v) is 7.19. The van der Waals surface area contributed by atoms with E-state index in [0.717, 1.165) is 16.5 Å². The smallest absolute Gasteiger partial charge is 0.198 e. The summed E-state index contributed by atoms with van der Waals surface area (Å²) in [5.41, 5.74) is 3.33. The molecule has 0 aliphatic carbocycles. The van der Waals surface area contributed by atoms with Crippen LogP contribution in [0.5, 0.6) is 5.88 Å². The van der Waals surface area contributed by atoms with Crippen LogP contribution in [0.3, 0.4) is 0 Å². The predicted octanol–water partition coefficient (Wildman–Crippen LogP) is 3.98. The summed E-state index contributed by atoms with van der Waals surface area (Å²) in [6, 6.07) is 12.6. The van der Waals surface area contributed by atoms with E-state index in [1.54, 1.807) is 18.3 Å². The van der Waals surface area contributed by atoms with Gasteiger partial charge in [-0.1, -0.05) is 30.3 Å². The molecule has 2 N–H and O–H groups in total. The van der Waals surface area contributed by atoms with Gasteiger partial charge in [0.15, 0.2) is 5.88 Å². The van der Waals surface area contributed by atoms with Crippen molar-refractivity contribution in [1.29, 1.82) is 0 Å². The van der Waals surface area contributed by atoms with Gasteiger partial charge in [0.05, 0.1) is 5.56 Å². The van der Waals surface area contributed by atoms with E-state index in [2.05, 4.69) is 9.98 Å². The summed E-state index contributed by atoms with van der Waals surface area (Å²) in [5, 5.41) is 10.9. The first kappa shape index (κ1) is 14.3. The highest BCUT2D eigenvalue weighted by atomic mass is 19.1. The third kappa shape index (κ3) is 2.86. The Labute approximate surface area is 128 Å². The number of nitrogens with one attached hydrogen (secondary N) is 1. The lowest BCUT2D eigenvalue weighted by molar-refractivity contribution is 0.457. The molecule has 0 saturated carbocycles. The van der Waals surface area contributed by atoms with Crippen molar-refractivity contribution in [3.8, 4) is 5.88 Å². The zero-order valence-corrected chi connectivity index (χ0v) is 12.3. The monoisotopic (exact) mass is 296 g/mol. The maximum atomic E-state index is 13.5. The van der Waals surface area contributed by atoms with Gasteiger partial charge >= 0.3 is 0 Å². The van der Waals surface area contributed by atoms with Crippen LogP contribution in [0.25, 0.3) is 10.9 Å². The number of aryl methyl sites for hydroxylation is 1. The highest BCUT2D eigenvalue weighted by Gasteiger charge is 2.08. The first-order valence-electron chi connectivity index (χ1n) is 7.19. The van der Waals surface area contributed by atoms with Gasteiger partial charge in [-0.3, -0.25) is 4.99 Å². The van der Waals surface area contributed by atoms with Gasteiger partial charge in [-0.15, -0.1) is 0 Å². The normalized spacial score (nSPS) is 11.5. The summed E-state index contributed by atoms with van der Waals surface area (Å²) in [5.74, 6) is -0.0987. The van der Waals surface area contributed by atoms with E-state index in [4.69, 9.17) is 0 Å². The van der Waals surface area contributed by atoms with Crippen LogP contribution in [0.4, 0.5) is 4.39 Å². The van der Waals surface area contributed by atoms with E-state index in [-0.39, 0.29) is 11.7 Å². The van der Waals surface area contributed by atoms with E-state index in [1.165, 1.54) is 6.07 Å². The molecule has 0 atom stereocenters. The van der Waals surface area contributed by atoms with E-state index in [0.29, 0.717) is 24.1 Å². The molecular formula is C18H17FN2O. The van der Waals surface area contributed by atoms with E-state index in [9.17, 15) is 9.50 Å². The second-order valence-corrected chi connectivity index (χ2v) is 5.31. The zero-order valence-electron chi connectivity index (χ0n) is 12.3. The van der Waals surface area contributed by atoms with E-state index < -0.39 is 0 Å². The average Bonchev–Trinajstić information content (AvgIpc) is 2.80. The number of aromatic nitrogens is 1. The molecule has 112 valence electrons. The maximum Gasteiger partial charge on any atom is 0.198 e. The third-order valence-corrected chi connectivity index (χ3v) is 3.66. The van der Waals surface area contributed by atoms with Crippen molar-refractivity contribution in [1.82, 2.24) is 4.98 Å². The summed E-state index contributed by atoms with van der Waals surface area (Å²) < 4.78 is 13.5. The molecular weight excluding hydrogens is 279 g/mol. The van der Waals surface area contributed by atoms with Crippen molar-refractivity contribution in [2.75, 3.05) is 6.54 Å². The van der Waals surface area contributed by atoms with Crippen LogP contribution in [0, 0.1) is 12.7 Å². The van der Waals surface area contributed by atoms with Crippen molar-refractivity contribution in [2.45, 2.75) is 13.3 Å². The third-order valence-electron chi connectivity index (χ3n) is 3.66. The van der Waals surface area contributed by atoms with Crippen molar-refractivity contribution >= 4 is 17.1 Å². The van der Waals surface area contributed by atoms with Gasteiger partial charge in [-0.05, 0) is 36.6 Å². The SMILES string of the molecule is Cc1ccc2c(C=NCCc3ccccc3F)c(O)[nH]c2c1. The van der Waals surface area contributed by atoms with Gasteiger partial charge in [-0.25, -0.2) is 4.39 Å². The van der Waals surface area contributed by atoms with Gasteiger partial charge in [0.2, 0.25) is 0 Å². The minimum absolute atomic E-state index is 0.107. The Balaban J connectivity index is 1.76. The summed E-state index contributed by atoms with van der Waals surface area (Å²) in [4.78, 5) is 7.25. The number of aromatic amines is 1. The fourth-order valence-corrected chi connectivity index (χ4v) is 2.49. The van der Waals surface area contributed by atoms with Crippen LogP contribution in [0.15, 0.2) is 47.5 Å². The lowest BCUT2D eigenvalue weighted by atomic mass is 10.1. The summed E-state index contributed by atoms with van der Waals surface area (Å²) in [6.45, 7) is 2.47. The fraction of sp³-hybridized carbons (Fsp3) is 0.167. The lowest BCUT2D eigenvalue weighted by Crippen LogP contribution is -1.94. The number of H-pyrrole nitrogens is 1. The van der Waals surface area contributed by atoms with Gasteiger partial charge in [0.1, 0.15) is 5.82 Å². The second kappa shape index (κ2) is 6.02. The molecule has 22 heavy (non-hydrogen) atoms. The largest absolute Gasteiger partial charge is 0.494 e. The van der Waals surface area contributed by atoms with Crippen LogP contribution in [-0.4, -0.2) is 22.8 Å². The molecule has 0 radical (unpaired) electrons. The molecule has 0 saturated heterocycles. The Hall–Kier alpha value is -2.62. The number of rotatable bonds is 4. The Morgan fingerprint density at radius 1 is 1.23 bits per heavy atom. The number of aromatic hydroxyl groups is 1. The molecule has 0 amide bonds. The molecule has 0 aliphatic heterocycles. The van der Waals surface area contributed by atoms with Crippen molar-refractivity contribution in [3.05, 3.63) is 65.0 Å². The molecule has 0 bridgehead atoms. The van der Waals surface area contributed by atoms with Crippen molar-refractivity contribution in [2.24, 2.45) is 4.99 Å². The molecule has 0 aliphatic rings. The molecule has 3 aromatic rings. The first-order chi connectivity index (χ1) is 10.6. The number of nitrogens with zero attached hydrogens (tertiary/aromatic N) is 1. The van der Waals surface area contributed by atoms with Gasteiger partial charge in [0, 0.05) is 23.7 Å². The summed E-state index contributed by atoms with van der Waals surface area (Å²) >= 11 is 0. The van der Waals surface area contributed by atoms with Crippen molar-refractivity contribution in [3.63, 3.8) is 0 Å². The Morgan fingerprint density at radius 3 is 2.86 bits per heavy atom. The van der Waals surface area contributed by atoms with E-state index >= 15 is 0 Å². The minimum Gasteiger partial charge on any atom is -0.494 e. The minimum atomic E-state index is -0.205. The van der Waals surface area contributed by atoms with Gasteiger partial charge in [0.25, 0.3) is 0 Å². The van der Waals surface area contributed by atoms with E-state index in [1.807, 2.05) is 31.2 Å². The highest BCUT2D eigenvalue weighted by molar-refractivity contribution is 6.02. The Kier molecular flexibility index (Phi) is 3.92. The van der Waals surface area contributed by atoms with Crippen LogP contribution >= 0.6 is 0 Å². The van der Waals surface area contributed by atoms with Crippen LogP contribution in [0.2, 0.25) is 0 Å². The molecule has 4 heteroatoms. The number of hydrogen-bond donors (Lipinski definition) is 2. The number of halogens is 1. The summed E-state index contributed by atoms with van der Waals surface area (Å²) in [7, 11) is 0. The van der Waals surface area contributed by atoms with Crippen LogP contribution in [-0.2, 0) is 6.42 Å². The molecule has 2 aromatic carbocycles. The molecule has 0 fully saturated rings. The standard InChI is InChI=1S/C18H17FN2O/c1-12-6-7-14-15(18(22)21-17(14)10-12)11-20-9-8-13-4-2-3-5-16(13)19/h2-7,10-11,21-22H,8-9H2,1H3. The van der Waals surface area contributed by atoms with Crippen LogP contribution in [0.1, 0.15) is 16.7 Å². The lowest BCUT2D eigenvalue weighted by Gasteiger charge is -1.99. The molecule has 3 nitrogen and oxygen atoms in total. The Morgan fingerprint density at radius 2 is 2.05 bits per heavy atom. The van der Waals surface area contributed by atoms with Crippen molar-refractivity contribution < 1.29 is 9.50 Å². The highest BCUT2D eigenvalue weighted by Crippen LogP contribution is 2.26. The second-order valence-electron chi connectivity index (χ2n) is 5.31. The number of hydrogen-bond acceptors (Lipinski definition) is 2. The van der Waals surface area contributed by atoms with Gasteiger partial charge < -0.3 is 10.1 Å². The number of aliphatic imine (C=N–C) groups is 1. The van der Waals surface area contributed by atoms with Crippen LogP contribution < -0.4 is 0 Å². The fourth-order valence-electron chi connectivity index (χ4n) is 2.49. The zero-order chi connectivity index (χ0) is 15.5. The molecule has 3 rings (SSSR count). The summed E-state index contributed by atoms with van der Waals surface area (Å²) in [6.07, 6.45) is 2.18. The number of fused-ring (bicyclic) bond motifs is 1. The maximum absolute atomic E-state index is 13.5. The molecule has 1 aromatic heterocycles. The average molecular weight is 296 g/mol. The molecule has 0 spiro atoms. The number of benzene rings is 2.